The second-order valence-electron chi connectivity index (χ2n) is 5.67. The first kappa shape index (κ1) is 18.7. The fourth-order valence-corrected chi connectivity index (χ4v) is 4.35. The van der Waals surface area contributed by atoms with Gasteiger partial charge in [0.25, 0.3) is 0 Å². The van der Waals surface area contributed by atoms with Gasteiger partial charge in [0.1, 0.15) is 17.4 Å². The number of halogens is 2. The Hall–Kier alpha value is -2.07. The zero-order chi connectivity index (χ0) is 18.8. The molecule has 0 aliphatic carbocycles. The Morgan fingerprint density at radius 1 is 1.23 bits per heavy atom. The van der Waals surface area contributed by atoms with Gasteiger partial charge in [0.15, 0.2) is 5.60 Å². The van der Waals surface area contributed by atoms with Crippen molar-refractivity contribution in [2.75, 3.05) is 6.54 Å². The average Bonchev–Trinajstić information content (AvgIpc) is 3.29. The van der Waals surface area contributed by atoms with Gasteiger partial charge in [-0.1, -0.05) is 0 Å². The van der Waals surface area contributed by atoms with Gasteiger partial charge in [-0.05, 0) is 47.2 Å². The van der Waals surface area contributed by atoms with Crippen molar-refractivity contribution in [1.29, 1.82) is 0 Å². The van der Waals surface area contributed by atoms with Crippen molar-refractivity contribution < 1.29 is 26.7 Å². The SMILES string of the molecule is O=S(=O)(Cc1cc(F)ccc1F)NCC(O)(c1ccsc1)c1ccco1. The fraction of sp³-hybridized carbons (Fsp3) is 0.176. The van der Waals surface area contributed by atoms with E-state index in [1.807, 2.05) is 0 Å². The molecule has 0 fully saturated rings. The lowest BCUT2D eigenvalue weighted by Crippen LogP contribution is -2.41. The Balaban J connectivity index is 1.82. The van der Waals surface area contributed by atoms with Crippen molar-refractivity contribution in [3.63, 3.8) is 0 Å². The van der Waals surface area contributed by atoms with Crippen molar-refractivity contribution in [3.8, 4) is 0 Å². The molecule has 1 atom stereocenters. The average molecular weight is 399 g/mol. The third-order valence-corrected chi connectivity index (χ3v) is 5.79. The summed E-state index contributed by atoms with van der Waals surface area (Å²) in [7, 11) is -4.04. The highest BCUT2D eigenvalue weighted by atomic mass is 32.2. The van der Waals surface area contributed by atoms with E-state index in [0.29, 0.717) is 5.56 Å². The van der Waals surface area contributed by atoms with Gasteiger partial charge in [0.2, 0.25) is 10.0 Å². The number of thiophene rings is 1. The lowest BCUT2D eigenvalue weighted by Gasteiger charge is -2.25. The van der Waals surface area contributed by atoms with Crippen LogP contribution in [0, 0.1) is 11.6 Å². The highest BCUT2D eigenvalue weighted by Crippen LogP contribution is 2.31. The molecule has 0 aliphatic rings. The molecule has 0 aliphatic heterocycles. The van der Waals surface area contributed by atoms with Crippen LogP contribution < -0.4 is 4.72 Å². The number of hydrogen-bond acceptors (Lipinski definition) is 5. The molecular weight excluding hydrogens is 384 g/mol. The van der Waals surface area contributed by atoms with Gasteiger partial charge in [-0.15, -0.1) is 0 Å². The van der Waals surface area contributed by atoms with Crippen LogP contribution in [0.3, 0.4) is 0 Å². The first-order valence-electron chi connectivity index (χ1n) is 7.50. The van der Waals surface area contributed by atoms with E-state index < -0.39 is 39.6 Å². The van der Waals surface area contributed by atoms with Crippen molar-refractivity contribution in [2.45, 2.75) is 11.4 Å². The molecule has 1 aromatic carbocycles. The zero-order valence-corrected chi connectivity index (χ0v) is 15.0. The van der Waals surface area contributed by atoms with Crippen LogP contribution in [0.5, 0.6) is 0 Å². The smallest absolute Gasteiger partial charge is 0.216 e. The Bertz CT molecular complexity index is 936. The van der Waals surface area contributed by atoms with Gasteiger partial charge in [-0.25, -0.2) is 21.9 Å². The van der Waals surface area contributed by atoms with Crippen molar-refractivity contribution in [1.82, 2.24) is 4.72 Å². The van der Waals surface area contributed by atoms with E-state index in [2.05, 4.69) is 4.72 Å². The van der Waals surface area contributed by atoms with Crippen LogP contribution >= 0.6 is 11.3 Å². The van der Waals surface area contributed by atoms with Crippen LogP contribution in [0.15, 0.2) is 57.8 Å². The van der Waals surface area contributed by atoms with E-state index in [1.54, 1.807) is 22.9 Å². The molecule has 2 heterocycles. The number of benzene rings is 1. The molecule has 3 aromatic rings. The monoisotopic (exact) mass is 399 g/mol. The number of furan rings is 1. The van der Waals surface area contributed by atoms with Gasteiger partial charge < -0.3 is 9.52 Å². The third kappa shape index (κ3) is 4.01. The number of hydrogen-bond donors (Lipinski definition) is 2. The molecule has 26 heavy (non-hydrogen) atoms. The predicted octanol–water partition coefficient (Wildman–Crippen LogP) is 2.97. The van der Waals surface area contributed by atoms with Crippen LogP contribution in [0.25, 0.3) is 0 Å². The van der Waals surface area contributed by atoms with E-state index in [9.17, 15) is 22.3 Å². The van der Waals surface area contributed by atoms with Crippen LogP contribution in [0.1, 0.15) is 16.9 Å². The fourth-order valence-electron chi connectivity index (χ4n) is 2.47. The van der Waals surface area contributed by atoms with Crippen LogP contribution in [0.2, 0.25) is 0 Å². The van der Waals surface area contributed by atoms with Crippen LogP contribution in [-0.2, 0) is 21.4 Å². The third-order valence-electron chi connectivity index (χ3n) is 3.83. The summed E-state index contributed by atoms with van der Waals surface area (Å²) in [6, 6.07) is 7.34. The van der Waals surface area contributed by atoms with E-state index in [4.69, 9.17) is 4.42 Å². The second kappa shape index (κ2) is 7.28. The summed E-state index contributed by atoms with van der Waals surface area (Å²) in [5.41, 5.74) is -1.57. The number of rotatable bonds is 7. The Labute approximate surface area is 153 Å². The lowest BCUT2D eigenvalue weighted by atomic mass is 9.94. The van der Waals surface area contributed by atoms with E-state index in [1.165, 1.54) is 23.7 Å². The molecule has 2 N–H and O–H groups in total. The Kier molecular flexibility index (Phi) is 5.24. The summed E-state index contributed by atoms with van der Waals surface area (Å²) >= 11 is 1.33. The van der Waals surface area contributed by atoms with Crippen molar-refractivity contribution in [3.05, 3.63) is 81.9 Å². The van der Waals surface area contributed by atoms with Crippen LogP contribution in [0.4, 0.5) is 8.78 Å². The molecule has 1 unspecified atom stereocenters. The molecule has 5 nitrogen and oxygen atoms in total. The minimum Gasteiger partial charge on any atom is -0.466 e. The minimum absolute atomic E-state index is 0.163. The number of aliphatic hydroxyl groups is 1. The lowest BCUT2D eigenvalue weighted by molar-refractivity contribution is 0.0623. The normalized spacial score (nSPS) is 14.3. The van der Waals surface area contributed by atoms with E-state index in [-0.39, 0.29) is 11.3 Å². The molecule has 3 rings (SSSR count). The van der Waals surface area contributed by atoms with Gasteiger partial charge in [-0.3, -0.25) is 0 Å². The maximum atomic E-state index is 13.7. The molecule has 0 radical (unpaired) electrons. The summed E-state index contributed by atoms with van der Waals surface area (Å²) in [6.45, 7) is -0.420. The number of nitrogens with one attached hydrogen (secondary N) is 1. The summed E-state index contributed by atoms with van der Waals surface area (Å²) in [5.74, 6) is -2.15. The predicted molar refractivity (Wildman–Crippen MR) is 93.0 cm³/mol. The molecule has 0 saturated carbocycles. The van der Waals surface area contributed by atoms with Crippen LogP contribution in [-0.4, -0.2) is 20.1 Å². The molecule has 9 heteroatoms. The zero-order valence-electron chi connectivity index (χ0n) is 13.4. The summed E-state index contributed by atoms with van der Waals surface area (Å²) in [6.07, 6.45) is 1.36. The first-order chi connectivity index (χ1) is 12.3. The summed E-state index contributed by atoms with van der Waals surface area (Å²) < 4.78 is 59.1. The topological polar surface area (TPSA) is 79.5 Å². The summed E-state index contributed by atoms with van der Waals surface area (Å²) in [4.78, 5) is 0. The second-order valence-corrected chi connectivity index (χ2v) is 8.25. The van der Waals surface area contributed by atoms with Gasteiger partial charge in [0.05, 0.1) is 18.6 Å². The van der Waals surface area contributed by atoms with Gasteiger partial charge in [-0.2, -0.15) is 11.3 Å². The Morgan fingerprint density at radius 2 is 2.04 bits per heavy atom. The van der Waals surface area contributed by atoms with E-state index in [0.717, 1.165) is 18.2 Å². The highest BCUT2D eigenvalue weighted by Gasteiger charge is 2.36. The molecular formula is C17H15F2NO4S2. The van der Waals surface area contributed by atoms with E-state index >= 15 is 0 Å². The van der Waals surface area contributed by atoms with Gasteiger partial charge in [0, 0.05) is 11.1 Å². The van der Waals surface area contributed by atoms with Crippen molar-refractivity contribution in [2.24, 2.45) is 0 Å². The molecule has 0 bridgehead atoms. The largest absolute Gasteiger partial charge is 0.466 e. The maximum Gasteiger partial charge on any atom is 0.216 e. The quantitative estimate of drug-likeness (QED) is 0.640. The molecule has 0 amide bonds. The molecule has 0 saturated heterocycles. The standard InChI is InChI=1S/C17H15F2NO4S2/c18-14-3-4-15(19)12(8-14)10-26(22,23)20-11-17(21,13-5-7-25-9-13)16-2-1-6-24-16/h1-9,20-21H,10-11H2. The maximum absolute atomic E-state index is 13.7. The van der Waals surface area contributed by atoms with Crippen molar-refractivity contribution >= 4 is 21.4 Å². The molecule has 2 aromatic heterocycles. The summed E-state index contributed by atoms with van der Waals surface area (Å²) in [5, 5.41) is 14.4. The molecule has 0 spiro atoms. The first-order valence-corrected chi connectivity index (χ1v) is 10.1. The highest BCUT2D eigenvalue weighted by molar-refractivity contribution is 7.88. The number of sulfonamides is 1. The Morgan fingerprint density at radius 3 is 2.69 bits per heavy atom. The van der Waals surface area contributed by atoms with Gasteiger partial charge >= 0.3 is 0 Å². The minimum atomic E-state index is -4.04. The molecule has 138 valence electrons.